The predicted octanol–water partition coefficient (Wildman–Crippen LogP) is 10.1. The molecule has 5 rings (SSSR count). The van der Waals surface area contributed by atoms with E-state index in [2.05, 4.69) is 24.3 Å². The Labute approximate surface area is 242 Å². The Morgan fingerprint density at radius 2 is 0.943 bits per heavy atom. The molecule has 0 unspecified atom stereocenters. The number of hydrogen-bond acceptors (Lipinski definition) is 15. The van der Waals surface area contributed by atoms with Crippen molar-refractivity contribution >= 4 is 133 Å². The molecule has 0 saturated carbocycles. The van der Waals surface area contributed by atoms with Crippen molar-refractivity contribution in [1.82, 2.24) is 0 Å². The van der Waals surface area contributed by atoms with E-state index in [0.29, 0.717) is 0 Å². The Hall–Kier alpha value is 1.76. The smallest absolute Gasteiger partial charge is 0.311 e. The zero-order valence-corrected chi connectivity index (χ0v) is 27.6. The van der Waals surface area contributed by atoms with E-state index >= 15 is 0 Å². The fourth-order valence-corrected chi connectivity index (χ4v) is 23.7. The molecule has 0 aromatic carbocycles. The lowest BCUT2D eigenvalue weighted by atomic mass is 10.4. The molecule has 0 atom stereocenters. The maximum Gasteiger partial charge on any atom is 0.353 e. The predicted molar refractivity (Wildman–Crippen MR) is 166 cm³/mol. The van der Waals surface area contributed by atoms with E-state index in [0.717, 1.165) is 0 Å². The van der Waals surface area contributed by atoms with Crippen LogP contribution in [0.4, 0.5) is 0 Å². The van der Waals surface area contributed by atoms with Gasteiger partial charge >= 0.3 is 15.2 Å². The number of thiophene rings is 1. The molecule has 0 fully saturated rings. The Morgan fingerprint density at radius 1 is 0.629 bits per heavy atom. The zero-order valence-electron chi connectivity index (χ0n) is 18.5. The first-order chi connectivity index (χ1) is 16.8. The maximum atomic E-state index is 12.7. The van der Waals surface area contributed by atoms with Crippen molar-refractivity contribution in [2.45, 2.75) is 8.65 Å². The molecule has 5 heterocycles. The highest BCUT2D eigenvalue weighted by Crippen LogP contribution is 2.75. The van der Waals surface area contributed by atoms with Crippen LogP contribution in [0, 0.1) is 0 Å². The highest BCUT2D eigenvalue weighted by molar-refractivity contribution is 8.49. The highest BCUT2D eigenvalue weighted by Gasteiger charge is 2.45. The first-order valence-electron chi connectivity index (χ1n) is 9.61. The Balaban J connectivity index is 1.17. The average Bonchev–Trinajstić information content (AvgIpc) is 3.65. The van der Waals surface area contributed by atoms with Crippen molar-refractivity contribution in [3.05, 3.63) is 47.3 Å². The third kappa shape index (κ3) is 5.95. The molecule has 35 heavy (non-hydrogen) atoms. The van der Waals surface area contributed by atoms with Crippen LogP contribution in [-0.2, 0) is 27.2 Å². The summed E-state index contributed by atoms with van der Waals surface area (Å²) in [7, 11) is -0.467. The monoisotopic (exact) mass is 680 g/mol. The van der Waals surface area contributed by atoms with E-state index in [-0.39, 0.29) is 8.65 Å². The van der Waals surface area contributed by atoms with Gasteiger partial charge < -0.3 is 18.1 Å². The van der Waals surface area contributed by atoms with E-state index in [1.165, 1.54) is 63.6 Å². The van der Waals surface area contributed by atoms with Crippen molar-refractivity contribution < 1.29 is 27.2 Å². The van der Waals surface area contributed by atoms with Gasteiger partial charge in [-0.2, -0.15) is 0 Å². The topological polar surface area (TPSA) is 71.1 Å². The van der Waals surface area contributed by atoms with E-state index in [9.17, 15) is 9.13 Å². The van der Waals surface area contributed by atoms with Crippen molar-refractivity contribution in [2.75, 3.05) is 28.4 Å². The molecule has 0 amide bonds. The number of rotatable bonds is 8. The molecule has 0 aliphatic carbocycles. The van der Waals surface area contributed by atoms with Gasteiger partial charge in [0.1, 0.15) is 0 Å². The third-order valence-corrected chi connectivity index (χ3v) is 23.7. The molecule has 1 aromatic rings. The summed E-state index contributed by atoms with van der Waals surface area (Å²) in [5, 5.41) is 0. The summed E-state index contributed by atoms with van der Waals surface area (Å²) >= 11 is 14.9. The summed E-state index contributed by atoms with van der Waals surface area (Å²) in [5.41, 5.74) is 0. The van der Waals surface area contributed by atoms with E-state index < -0.39 is 15.2 Å². The summed E-state index contributed by atoms with van der Waals surface area (Å²) in [5.74, 6) is 0. The van der Waals surface area contributed by atoms with Crippen LogP contribution in [0.2, 0.25) is 0 Å². The van der Waals surface area contributed by atoms with Crippen LogP contribution < -0.4 is 0 Å². The van der Waals surface area contributed by atoms with Crippen LogP contribution in [0.25, 0.3) is 12.2 Å². The van der Waals surface area contributed by atoms with Gasteiger partial charge in [0, 0.05) is 38.2 Å². The molecule has 1 aromatic heterocycles. The fraction of sp³-hybridized carbons (Fsp3) is 0.333. The van der Waals surface area contributed by atoms with Gasteiger partial charge in [0.2, 0.25) is 0 Å². The second kappa shape index (κ2) is 11.7. The molecular weight excluding hydrogens is 663 g/mol. The van der Waals surface area contributed by atoms with Crippen LogP contribution in [0.1, 0.15) is 9.75 Å². The summed E-state index contributed by atoms with van der Waals surface area (Å²) in [6.07, 6.45) is 4.42. The first-order valence-corrected chi connectivity index (χ1v) is 20.4. The molecule has 0 bridgehead atoms. The average molecular weight is 681 g/mol. The first kappa shape index (κ1) is 28.3. The lowest BCUT2D eigenvalue weighted by molar-refractivity contribution is 0.278. The lowest BCUT2D eigenvalue weighted by Crippen LogP contribution is -2.00. The van der Waals surface area contributed by atoms with Gasteiger partial charge in [-0.1, -0.05) is 94.1 Å². The zero-order chi connectivity index (χ0) is 24.8. The van der Waals surface area contributed by atoms with Gasteiger partial charge in [-0.3, -0.25) is 9.13 Å². The standard InChI is InChI=1S/C18H18O6P2S9/c1-21-25(19,22-2)17-32-13-14(33-17)29-11(28-13)7-9-5-6-10(27-9)8-12-30-15-16(31-12)35-18(34-15)26(20,23-3)24-4/h5-8,17-18H,1-4H3. The van der Waals surface area contributed by atoms with E-state index in [1.54, 1.807) is 105 Å². The van der Waals surface area contributed by atoms with Crippen molar-refractivity contribution in [3.8, 4) is 0 Å². The van der Waals surface area contributed by atoms with Gasteiger partial charge in [0.25, 0.3) is 0 Å². The maximum absolute atomic E-state index is 12.7. The van der Waals surface area contributed by atoms with Gasteiger partial charge in [-0.25, -0.2) is 0 Å². The minimum absolute atomic E-state index is 0.247. The normalized spacial score (nSPS) is 21.5. The molecule has 0 saturated heterocycles. The molecular formula is C18H18O6P2S9. The second-order valence-corrected chi connectivity index (χ2v) is 24.6. The van der Waals surface area contributed by atoms with Gasteiger partial charge in [-0.05, 0) is 24.3 Å². The van der Waals surface area contributed by atoms with Crippen LogP contribution in [0.15, 0.2) is 37.6 Å². The molecule has 0 radical (unpaired) electrons. The van der Waals surface area contributed by atoms with Gasteiger partial charge in [0.05, 0.1) is 25.4 Å². The second-order valence-electron chi connectivity index (χ2n) is 6.62. The van der Waals surface area contributed by atoms with Gasteiger partial charge in [-0.15, -0.1) is 11.3 Å². The Morgan fingerprint density at radius 3 is 1.23 bits per heavy atom. The summed E-state index contributed by atoms with van der Waals surface area (Å²) in [4.78, 5) is 2.38. The van der Waals surface area contributed by atoms with Crippen LogP contribution in [0.3, 0.4) is 0 Å². The molecule has 0 spiro atoms. The number of thioether (sulfide) groups is 8. The largest absolute Gasteiger partial charge is 0.353 e. The molecule has 0 N–H and O–H groups in total. The third-order valence-electron chi connectivity index (χ3n) is 4.64. The fourth-order valence-electron chi connectivity index (χ4n) is 2.90. The molecule has 4 aliphatic rings. The Bertz CT molecular complexity index is 1110. The van der Waals surface area contributed by atoms with Crippen molar-refractivity contribution in [2.24, 2.45) is 0 Å². The summed E-state index contributed by atoms with van der Waals surface area (Å²) in [6, 6.07) is 4.28. The SMILES string of the molecule is COP(=O)(OC)C1SC2=C(SC(=Cc3ccc(C=C4SC5=C(S4)SC(P(=O)(OC)OC)S5)s3)S2)S1. The van der Waals surface area contributed by atoms with Crippen LogP contribution >= 0.6 is 121 Å². The summed E-state index contributed by atoms with van der Waals surface area (Å²) in [6.45, 7) is 0. The van der Waals surface area contributed by atoms with Crippen molar-refractivity contribution in [3.63, 3.8) is 0 Å². The highest BCUT2D eigenvalue weighted by atomic mass is 32.3. The van der Waals surface area contributed by atoms with Crippen LogP contribution in [-0.4, -0.2) is 37.1 Å². The van der Waals surface area contributed by atoms with Crippen LogP contribution in [0.5, 0.6) is 0 Å². The van der Waals surface area contributed by atoms with Crippen molar-refractivity contribution in [1.29, 1.82) is 0 Å². The number of hydrogen-bond donors (Lipinski definition) is 0. The lowest BCUT2D eigenvalue weighted by Gasteiger charge is -2.19. The van der Waals surface area contributed by atoms with E-state index in [4.69, 9.17) is 18.1 Å². The quantitative estimate of drug-likeness (QED) is 0.245. The molecule has 17 heteroatoms. The minimum Gasteiger partial charge on any atom is -0.311 e. The molecule has 6 nitrogen and oxygen atoms in total. The summed E-state index contributed by atoms with van der Waals surface area (Å²) < 4.78 is 52.6. The minimum atomic E-state index is -3.11. The van der Waals surface area contributed by atoms with Gasteiger partial charge in [0.15, 0.2) is 8.65 Å². The molecule has 4 aliphatic heterocycles. The Kier molecular flexibility index (Phi) is 9.46. The molecule has 190 valence electrons. The van der Waals surface area contributed by atoms with E-state index in [1.807, 2.05) is 0 Å².